The van der Waals surface area contributed by atoms with Gasteiger partial charge in [-0.1, -0.05) is 105 Å². The Morgan fingerprint density at radius 2 is 1.44 bits per heavy atom. The van der Waals surface area contributed by atoms with Gasteiger partial charge in [0.05, 0.1) is 0 Å². The van der Waals surface area contributed by atoms with Gasteiger partial charge in [-0.2, -0.15) is 0 Å². The van der Waals surface area contributed by atoms with Crippen molar-refractivity contribution in [3.63, 3.8) is 0 Å². The summed E-state index contributed by atoms with van der Waals surface area (Å²) in [7, 11) is 0. The fourth-order valence-corrected chi connectivity index (χ4v) is 2.99. The molecule has 1 aliphatic rings. The maximum Gasteiger partial charge on any atom is -0.0386 e. The van der Waals surface area contributed by atoms with Gasteiger partial charge in [0.2, 0.25) is 0 Å². The Morgan fingerprint density at radius 3 is 1.94 bits per heavy atom. The molecule has 0 bridgehead atoms. The van der Waals surface area contributed by atoms with Crippen molar-refractivity contribution in [1.29, 1.82) is 0 Å². The molecule has 0 amide bonds. The Morgan fingerprint density at radius 1 is 0.833 bits per heavy atom. The highest BCUT2D eigenvalue weighted by Crippen LogP contribution is 2.35. The zero-order valence-electron chi connectivity index (χ0n) is 13.1. The van der Waals surface area contributed by atoms with Crippen LogP contribution in [0, 0.1) is 25.7 Å². The molecule has 0 saturated heterocycles. The van der Waals surface area contributed by atoms with Crippen molar-refractivity contribution in [2.75, 3.05) is 0 Å². The number of hydrogen-bond donors (Lipinski definition) is 0. The van der Waals surface area contributed by atoms with Crippen LogP contribution in [0.5, 0.6) is 0 Å². The molecule has 0 aliphatic heterocycles. The zero-order chi connectivity index (χ0) is 13.6. The topological polar surface area (TPSA) is 0 Å². The second-order valence-corrected chi connectivity index (χ2v) is 5.77. The lowest BCUT2D eigenvalue weighted by Gasteiger charge is -2.14. The lowest BCUT2D eigenvalue weighted by molar-refractivity contribution is 0.379. The molecule has 2 radical (unpaired) electrons. The minimum atomic E-state index is 0.968. The van der Waals surface area contributed by atoms with E-state index in [1.807, 2.05) is 0 Å². The molecule has 1 fully saturated rings. The van der Waals surface area contributed by atoms with E-state index in [0.717, 1.165) is 18.3 Å². The fraction of sp³-hybridized carbons (Fsp3) is 0.889. The summed E-state index contributed by atoms with van der Waals surface area (Å²) in [5, 5.41) is 0. The molecule has 2 atom stereocenters. The second kappa shape index (κ2) is 13.4. The molecule has 0 aromatic rings. The highest BCUT2D eigenvalue weighted by molar-refractivity contribution is 4.76. The van der Waals surface area contributed by atoms with Gasteiger partial charge < -0.3 is 0 Å². The van der Waals surface area contributed by atoms with E-state index < -0.39 is 0 Å². The van der Waals surface area contributed by atoms with E-state index in [4.69, 9.17) is 0 Å². The van der Waals surface area contributed by atoms with Crippen LogP contribution in [-0.4, -0.2) is 0 Å². The summed E-state index contributed by atoms with van der Waals surface area (Å²) in [5.41, 5.74) is 0. The third kappa shape index (κ3) is 9.00. The Bertz CT molecular complexity index is 134. The van der Waals surface area contributed by atoms with Gasteiger partial charge in [0.1, 0.15) is 0 Å². The van der Waals surface area contributed by atoms with Crippen molar-refractivity contribution in [3.05, 3.63) is 13.8 Å². The van der Waals surface area contributed by atoms with Crippen molar-refractivity contribution >= 4 is 0 Å². The first-order valence-corrected chi connectivity index (χ1v) is 8.38. The van der Waals surface area contributed by atoms with E-state index in [0.29, 0.717) is 0 Å². The standard InChI is InChI=1S/C9H17.C9H19/c1-3-8-6-5-7-9(8)4-2;1-3-5-7-9-8-6-4-2/h8-9H,1,3-7H2,2H3;1,3-9H2,2H3. The third-order valence-corrected chi connectivity index (χ3v) is 4.32. The summed E-state index contributed by atoms with van der Waals surface area (Å²) in [6.07, 6.45) is 16.4. The lowest BCUT2D eigenvalue weighted by atomic mass is 9.92. The zero-order valence-corrected chi connectivity index (χ0v) is 13.1. The molecule has 18 heavy (non-hydrogen) atoms. The molecule has 0 nitrogen and oxygen atoms in total. The molecule has 2 unspecified atom stereocenters. The predicted octanol–water partition coefficient (Wildman–Crippen LogP) is 6.61. The minimum Gasteiger partial charge on any atom is -0.0654 e. The summed E-state index contributed by atoms with van der Waals surface area (Å²) >= 11 is 0. The fourth-order valence-electron chi connectivity index (χ4n) is 2.99. The Kier molecular flexibility index (Phi) is 13.4. The van der Waals surface area contributed by atoms with Gasteiger partial charge in [-0.05, 0) is 11.8 Å². The molecule has 0 aromatic heterocycles. The molecule has 1 aliphatic carbocycles. The Labute approximate surface area is 117 Å². The van der Waals surface area contributed by atoms with Crippen LogP contribution < -0.4 is 0 Å². The SMILES string of the molecule is [CH2]CC1CCCC1CC.[CH2]CCCCCCCC. The average Bonchev–Trinajstić information content (AvgIpc) is 2.87. The van der Waals surface area contributed by atoms with Crippen molar-refractivity contribution in [3.8, 4) is 0 Å². The first-order valence-electron chi connectivity index (χ1n) is 8.38. The van der Waals surface area contributed by atoms with Crippen LogP contribution in [0.1, 0.15) is 90.9 Å². The third-order valence-electron chi connectivity index (χ3n) is 4.32. The van der Waals surface area contributed by atoms with Crippen LogP contribution in [-0.2, 0) is 0 Å². The summed E-state index contributed by atoms with van der Waals surface area (Å²) in [6.45, 7) is 12.3. The maximum absolute atomic E-state index is 3.97. The molecule has 0 aromatic carbocycles. The van der Waals surface area contributed by atoms with E-state index in [1.165, 1.54) is 70.6 Å². The van der Waals surface area contributed by atoms with Gasteiger partial charge in [-0.25, -0.2) is 0 Å². The van der Waals surface area contributed by atoms with Gasteiger partial charge in [0, 0.05) is 0 Å². The average molecular weight is 252 g/mol. The number of unbranched alkanes of at least 4 members (excludes halogenated alkanes) is 6. The summed E-state index contributed by atoms with van der Waals surface area (Å²) in [4.78, 5) is 0. The van der Waals surface area contributed by atoms with E-state index in [2.05, 4.69) is 27.7 Å². The maximum atomic E-state index is 3.97. The van der Waals surface area contributed by atoms with Gasteiger partial charge in [-0.15, -0.1) is 0 Å². The monoisotopic (exact) mass is 252 g/mol. The van der Waals surface area contributed by atoms with Crippen LogP contribution >= 0.6 is 0 Å². The molecule has 0 heterocycles. The normalized spacial score (nSPS) is 22.7. The largest absolute Gasteiger partial charge is 0.0654 e. The molecule has 1 saturated carbocycles. The minimum absolute atomic E-state index is 0.968. The summed E-state index contributed by atoms with van der Waals surface area (Å²) in [6, 6.07) is 0. The molecule has 0 spiro atoms. The Hall–Kier alpha value is 0. The van der Waals surface area contributed by atoms with Gasteiger partial charge in [-0.3, -0.25) is 0 Å². The molecule has 0 N–H and O–H groups in total. The molecular formula is C18H36. The van der Waals surface area contributed by atoms with Crippen molar-refractivity contribution < 1.29 is 0 Å². The molecule has 0 heteroatoms. The van der Waals surface area contributed by atoms with Crippen LogP contribution in [0.15, 0.2) is 0 Å². The van der Waals surface area contributed by atoms with E-state index >= 15 is 0 Å². The first kappa shape index (κ1) is 18.0. The summed E-state index contributed by atoms with van der Waals surface area (Å²) < 4.78 is 0. The van der Waals surface area contributed by atoms with Crippen molar-refractivity contribution in [2.24, 2.45) is 11.8 Å². The molecular weight excluding hydrogens is 216 g/mol. The highest BCUT2D eigenvalue weighted by atomic mass is 14.3. The van der Waals surface area contributed by atoms with Gasteiger partial charge in [0.15, 0.2) is 0 Å². The van der Waals surface area contributed by atoms with Crippen molar-refractivity contribution in [1.82, 2.24) is 0 Å². The van der Waals surface area contributed by atoms with E-state index in [9.17, 15) is 0 Å². The Balaban J connectivity index is 0.000000321. The van der Waals surface area contributed by atoms with E-state index in [-0.39, 0.29) is 0 Å². The van der Waals surface area contributed by atoms with Crippen LogP contribution in [0.4, 0.5) is 0 Å². The quantitative estimate of drug-likeness (QED) is 0.426. The predicted molar refractivity (Wildman–Crippen MR) is 84.4 cm³/mol. The molecule has 108 valence electrons. The molecule has 1 rings (SSSR count). The first-order chi connectivity index (χ1) is 8.79. The highest BCUT2D eigenvalue weighted by Gasteiger charge is 2.23. The number of hydrogen-bond acceptors (Lipinski definition) is 0. The smallest absolute Gasteiger partial charge is 0.0386 e. The van der Waals surface area contributed by atoms with Crippen LogP contribution in [0.25, 0.3) is 0 Å². The van der Waals surface area contributed by atoms with Crippen LogP contribution in [0.3, 0.4) is 0 Å². The van der Waals surface area contributed by atoms with Gasteiger partial charge >= 0.3 is 0 Å². The van der Waals surface area contributed by atoms with Crippen LogP contribution in [0.2, 0.25) is 0 Å². The van der Waals surface area contributed by atoms with Gasteiger partial charge in [0.25, 0.3) is 0 Å². The van der Waals surface area contributed by atoms with E-state index in [1.54, 1.807) is 0 Å². The number of rotatable bonds is 8. The summed E-state index contributed by atoms with van der Waals surface area (Å²) in [5.74, 6) is 1.98. The van der Waals surface area contributed by atoms with Crippen molar-refractivity contribution in [2.45, 2.75) is 90.9 Å². The second-order valence-electron chi connectivity index (χ2n) is 5.77. The lowest BCUT2D eigenvalue weighted by Crippen LogP contribution is -2.04.